The standard InChI is InChI=1S/C51H98O5/c1-4-7-10-13-16-19-22-25-28-31-34-37-40-43-48(52)46-49(56-51(54)45-42-39-36-33-30-27-24-21-18-15-12-9-6-3)47-55-50(53)44-41-38-35-32-29-26-23-20-17-14-11-8-5-2/h49H,4-47H2,1-3H3/t49-/m0/s1. The third-order valence-electron chi connectivity index (χ3n) is 11.7. The fourth-order valence-electron chi connectivity index (χ4n) is 7.91. The number of ketones is 1. The van der Waals surface area contributed by atoms with Gasteiger partial charge in [0.1, 0.15) is 18.5 Å². The summed E-state index contributed by atoms with van der Waals surface area (Å²) in [5.74, 6) is -0.395. The van der Waals surface area contributed by atoms with Crippen molar-refractivity contribution in [2.75, 3.05) is 6.61 Å². The summed E-state index contributed by atoms with van der Waals surface area (Å²) in [5, 5.41) is 0. The fourth-order valence-corrected chi connectivity index (χ4v) is 7.91. The Morgan fingerprint density at radius 1 is 0.321 bits per heavy atom. The normalized spacial score (nSPS) is 11.9. The van der Waals surface area contributed by atoms with Crippen LogP contribution in [0.5, 0.6) is 0 Å². The summed E-state index contributed by atoms with van der Waals surface area (Å²) in [6, 6.07) is 0. The van der Waals surface area contributed by atoms with E-state index in [1.807, 2.05) is 0 Å². The third kappa shape index (κ3) is 43.7. The molecule has 5 heteroatoms. The van der Waals surface area contributed by atoms with Crippen molar-refractivity contribution in [3.8, 4) is 0 Å². The minimum Gasteiger partial charge on any atom is -0.462 e. The van der Waals surface area contributed by atoms with Gasteiger partial charge in [-0.3, -0.25) is 14.4 Å². The van der Waals surface area contributed by atoms with Gasteiger partial charge in [0.15, 0.2) is 0 Å². The number of ether oxygens (including phenoxy) is 2. The number of unbranched alkanes of at least 4 members (excludes halogenated alkanes) is 36. The zero-order valence-corrected chi connectivity index (χ0v) is 38.2. The Morgan fingerprint density at radius 3 is 0.875 bits per heavy atom. The first-order valence-electron chi connectivity index (χ1n) is 25.4. The van der Waals surface area contributed by atoms with Gasteiger partial charge in [0.2, 0.25) is 0 Å². The number of carbonyl (C=O) groups excluding carboxylic acids is 3. The molecule has 0 radical (unpaired) electrons. The summed E-state index contributed by atoms with van der Waals surface area (Å²) in [5.41, 5.74) is 0. The van der Waals surface area contributed by atoms with E-state index in [0.717, 1.165) is 51.4 Å². The quantitative estimate of drug-likeness (QED) is 0.0453. The molecule has 0 saturated heterocycles. The van der Waals surface area contributed by atoms with Crippen LogP contribution in [0.1, 0.15) is 297 Å². The molecule has 1 atom stereocenters. The molecule has 0 unspecified atom stereocenters. The van der Waals surface area contributed by atoms with E-state index in [4.69, 9.17) is 9.47 Å². The van der Waals surface area contributed by atoms with Crippen LogP contribution in [0.25, 0.3) is 0 Å². The van der Waals surface area contributed by atoms with Gasteiger partial charge >= 0.3 is 11.9 Å². The molecule has 0 N–H and O–H groups in total. The minimum absolute atomic E-state index is 0.00797. The molecule has 0 saturated carbocycles. The minimum atomic E-state index is -0.672. The predicted molar refractivity (Wildman–Crippen MR) is 241 cm³/mol. The van der Waals surface area contributed by atoms with Crippen molar-refractivity contribution in [3.05, 3.63) is 0 Å². The Hall–Kier alpha value is -1.39. The molecule has 5 nitrogen and oxygen atoms in total. The van der Waals surface area contributed by atoms with Crippen molar-refractivity contribution >= 4 is 17.7 Å². The first-order chi connectivity index (χ1) is 27.5. The van der Waals surface area contributed by atoms with Crippen molar-refractivity contribution in [2.24, 2.45) is 0 Å². The molecule has 0 aliphatic heterocycles. The zero-order chi connectivity index (χ0) is 40.8. The zero-order valence-electron chi connectivity index (χ0n) is 38.2. The molecule has 0 amide bonds. The molecule has 0 aromatic carbocycles. The maximum atomic E-state index is 12.9. The van der Waals surface area contributed by atoms with Crippen LogP contribution < -0.4 is 0 Å². The lowest BCUT2D eigenvalue weighted by Gasteiger charge is -2.18. The molecule has 0 aliphatic rings. The van der Waals surface area contributed by atoms with E-state index in [1.165, 1.54) is 199 Å². The third-order valence-corrected chi connectivity index (χ3v) is 11.7. The maximum Gasteiger partial charge on any atom is 0.306 e. The first kappa shape index (κ1) is 54.6. The molecule has 0 aromatic rings. The number of rotatable bonds is 47. The molecule has 0 rings (SSSR count). The van der Waals surface area contributed by atoms with E-state index in [1.54, 1.807) is 0 Å². The fraction of sp³-hybridized carbons (Fsp3) is 0.941. The van der Waals surface area contributed by atoms with Gasteiger partial charge in [-0.15, -0.1) is 0 Å². The predicted octanol–water partition coefficient (Wildman–Crippen LogP) is 16.8. The smallest absolute Gasteiger partial charge is 0.306 e. The number of hydrogen-bond donors (Lipinski definition) is 0. The topological polar surface area (TPSA) is 69.7 Å². The molecule has 0 aromatic heterocycles. The van der Waals surface area contributed by atoms with Crippen LogP contribution in [0.15, 0.2) is 0 Å². The van der Waals surface area contributed by atoms with E-state index in [-0.39, 0.29) is 30.7 Å². The molecule has 0 aliphatic carbocycles. The van der Waals surface area contributed by atoms with Crippen LogP contribution in [0.3, 0.4) is 0 Å². The Morgan fingerprint density at radius 2 is 0.571 bits per heavy atom. The SMILES string of the molecule is CCCCCCCCCCCCCCCC(=O)C[C@@H](COC(=O)CCCCCCCCCCCCCCC)OC(=O)CCCCCCCCCCCCCCC. The number of esters is 2. The lowest BCUT2D eigenvalue weighted by atomic mass is 10.0. The number of Topliss-reactive ketones (excluding diaryl/α,β-unsaturated/α-hetero) is 1. The van der Waals surface area contributed by atoms with Crippen LogP contribution in [-0.4, -0.2) is 30.4 Å². The van der Waals surface area contributed by atoms with Crippen molar-refractivity contribution in [1.29, 1.82) is 0 Å². The Bertz CT molecular complexity index is 781. The highest BCUT2D eigenvalue weighted by atomic mass is 16.6. The largest absolute Gasteiger partial charge is 0.462 e. The van der Waals surface area contributed by atoms with E-state index < -0.39 is 6.10 Å². The lowest BCUT2D eigenvalue weighted by Crippen LogP contribution is -2.28. The van der Waals surface area contributed by atoms with E-state index >= 15 is 0 Å². The molecule has 0 bridgehead atoms. The van der Waals surface area contributed by atoms with Gasteiger partial charge < -0.3 is 9.47 Å². The molecule has 332 valence electrons. The highest BCUT2D eigenvalue weighted by molar-refractivity contribution is 5.79. The highest BCUT2D eigenvalue weighted by Crippen LogP contribution is 2.17. The van der Waals surface area contributed by atoms with E-state index in [2.05, 4.69) is 20.8 Å². The molecule has 0 spiro atoms. The van der Waals surface area contributed by atoms with Crippen molar-refractivity contribution in [2.45, 2.75) is 303 Å². The van der Waals surface area contributed by atoms with Crippen LogP contribution in [0.4, 0.5) is 0 Å². The van der Waals surface area contributed by atoms with Gasteiger partial charge in [-0.2, -0.15) is 0 Å². The van der Waals surface area contributed by atoms with Crippen LogP contribution in [0, 0.1) is 0 Å². The Balaban J connectivity index is 4.32. The second-order valence-corrected chi connectivity index (χ2v) is 17.5. The van der Waals surface area contributed by atoms with Gasteiger partial charge in [0.25, 0.3) is 0 Å². The van der Waals surface area contributed by atoms with Gasteiger partial charge in [-0.05, 0) is 19.3 Å². The maximum absolute atomic E-state index is 12.9. The summed E-state index contributed by atoms with van der Waals surface area (Å²) in [6.45, 7) is 6.80. The average molecular weight is 791 g/mol. The van der Waals surface area contributed by atoms with Gasteiger partial charge in [-0.25, -0.2) is 0 Å². The van der Waals surface area contributed by atoms with E-state index in [0.29, 0.717) is 19.3 Å². The first-order valence-corrected chi connectivity index (χ1v) is 25.4. The lowest BCUT2D eigenvalue weighted by molar-refractivity contribution is -0.160. The second-order valence-electron chi connectivity index (χ2n) is 17.5. The van der Waals surface area contributed by atoms with E-state index in [9.17, 15) is 14.4 Å². The van der Waals surface area contributed by atoms with Gasteiger partial charge in [0.05, 0.1) is 0 Å². The monoisotopic (exact) mass is 791 g/mol. The Labute approximate surface area is 350 Å². The highest BCUT2D eigenvalue weighted by Gasteiger charge is 2.20. The summed E-state index contributed by atoms with van der Waals surface area (Å²) >= 11 is 0. The number of hydrogen-bond acceptors (Lipinski definition) is 5. The van der Waals surface area contributed by atoms with Crippen LogP contribution in [-0.2, 0) is 23.9 Å². The second kappa shape index (κ2) is 46.3. The molecule has 0 heterocycles. The number of carbonyl (C=O) groups is 3. The summed E-state index contributed by atoms with van der Waals surface area (Å²) in [6.07, 6.45) is 50.2. The van der Waals surface area contributed by atoms with Crippen LogP contribution in [0.2, 0.25) is 0 Å². The average Bonchev–Trinajstić information content (AvgIpc) is 3.19. The molecular weight excluding hydrogens is 693 g/mol. The molecular formula is C51H98O5. The van der Waals surface area contributed by atoms with Gasteiger partial charge in [-0.1, -0.05) is 252 Å². The molecule has 0 fully saturated rings. The van der Waals surface area contributed by atoms with Crippen molar-refractivity contribution < 1.29 is 23.9 Å². The van der Waals surface area contributed by atoms with Gasteiger partial charge in [0, 0.05) is 25.7 Å². The van der Waals surface area contributed by atoms with Crippen molar-refractivity contribution in [1.82, 2.24) is 0 Å². The Kier molecular flexibility index (Phi) is 45.2. The van der Waals surface area contributed by atoms with Crippen LogP contribution >= 0.6 is 0 Å². The molecule has 56 heavy (non-hydrogen) atoms. The summed E-state index contributed by atoms with van der Waals surface area (Å²) in [4.78, 5) is 38.3. The summed E-state index contributed by atoms with van der Waals surface area (Å²) < 4.78 is 11.4. The summed E-state index contributed by atoms with van der Waals surface area (Å²) in [7, 11) is 0. The van der Waals surface area contributed by atoms with Crippen molar-refractivity contribution in [3.63, 3.8) is 0 Å².